The van der Waals surface area contributed by atoms with Crippen molar-refractivity contribution in [3.05, 3.63) is 153 Å². The molecule has 1 atom stereocenters. The van der Waals surface area contributed by atoms with E-state index in [1.807, 2.05) is 0 Å². The third kappa shape index (κ3) is 6.47. The first kappa shape index (κ1) is 34.4. The van der Waals surface area contributed by atoms with Gasteiger partial charge in [-0.3, -0.25) is 0 Å². The standard InChI is InChI=1S/C32H41.C13H10.Zr/c1-20(2)26-19-24(30(5,6)7)17-23-18-27-25(28(23)26)15-16-32(21(3)4,31(8,9)10)29(27)22-13-11-12-14-22;1-3-7-12(8-4-1)11-13-9-5-2-6-10-13;/h11-13,15-17,19-21H,14H2,1-10H3;1-10H;/q-1;;. The Morgan fingerprint density at radius 2 is 1.41 bits per heavy atom. The average Bonchev–Trinajstić information content (AvgIpc) is 3.68. The molecule has 1 heteroatoms. The van der Waals surface area contributed by atoms with Crippen LogP contribution in [0.1, 0.15) is 104 Å². The molecule has 0 N–H and O–H groups in total. The maximum atomic E-state index is 3.98. The van der Waals surface area contributed by atoms with Gasteiger partial charge in [0.15, 0.2) is 0 Å². The summed E-state index contributed by atoms with van der Waals surface area (Å²) >= 11 is 1.46. The predicted molar refractivity (Wildman–Crippen MR) is 196 cm³/mol. The van der Waals surface area contributed by atoms with Gasteiger partial charge in [0.25, 0.3) is 0 Å². The molecule has 3 aliphatic carbocycles. The van der Waals surface area contributed by atoms with Gasteiger partial charge in [-0.1, -0.05) is 128 Å². The van der Waals surface area contributed by atoms with Gasteiger partial charge in [0.2, 0.25) is 0 Å². The molecule has 0 spiro atoms. The van der Waals surface area contributed by atoms with E-state index in [1.54, 1.807) is 0 Å². The Hall–Kier alpha value is -2.89. The molecule has 0 bridgehead atoms. The van der Waals surface area contributed by atoms with E-state index in [-0.39, 0.29) is 16.2 Å². The first-order valence-electron chi connectivity index (χ1n) is 17.0. The molecule has 1 unspecified atom stereocenters. The zero-order chi connectivity index (χ0) is 33.4. The van der Waals surface area contributed by atoms with Crippen LogP contribution in [0.15, 0.2) is 120 Å². The first-order chi connectivity index (χ1) is 21.7. The summed E-state index contributed by atoms with van der Waals surface area (Å²) < 4.78 is 1.42. The van der Waals surface area contributed by atoms with Crippen molar-refractivity contribution in [2.75, 3.05) is 0 Å². The quantitative estimate of drug-likeness (QED) is 0.235. The van der Waals surface area contributed by atoms with E-state index >= 15 is 0 Å². The molecular weight excluding hydrogens is 632 g/mol. The summed E-state index contributed by atoms with van der Waals surface area (Å²) in [7, 11) is 0. The Kier molecular flexibility index (Phi) is 9.97. The normalized spacial score (nSPS) is 18.7. The number of hydrogen-bond acceptors (Lipinski definition) is 0. The van der Waals surface area contributed by atoms with Crippen LogP contribution < -0.4 is 10.4 Å². The predicted octanol–water partition coefficient (Wildman–Crippen LogP) is 10.2. The molecule has 46 heavy (non-hydrogen) atoms. The topological polar surface area (TPSA) is 0 Å². The van der Waals surface area contributed by atoms with Crippen molar-refractivity contribution < 1.29 is 24.2 Å². The van der Waals surface area contributed by atoms with E-state index in [4.69, 9.17) is 0 Å². The van der Waals surface area contributed by atoms with Gasteiger partial charge in [0.1, 0.15) is 0 Å². The van der Waals surface area contributed by atoms with E-state index in [0.717, 1.165) is 6.42 Å². The van der Waals surface area contributed by atoms with Gasteiger partial charge in [-0.15, -0.1) is 33.7 Å². The van der Waals surface area contributed by atoms with Crippen molar-refractivity contribution in [3.63, 3.8) is 0 Å². The summed E-state index contributed by atoms with van der Waals surface area (Å²) in [6.45, 7) is 23.6. The summed E-state index contributed by atoms with van der Waals surface area (Å²) in [4.78, 5) is 0. The Labute approximate surface area is 293 Å². The van der Waals surface area contributed by atoms with Crippen molar-refractivity contribution in [1.82, 2.24) is 0 Å². The summed E-state index contributed by atoms with van der Waals surface area (Å²) in [6.07, 6.45) is 16.9. The maximum absolute atomic E-state index is 3.98. The molecule has 236 valence electrons. The molecule has 3 aromatic rings. The molecule has 3 aromatic carbocycles. The molecule has 6 rings (SSSR count). The second-order valence-corrected chi connectivity index (χ2v) is 16.9. The molecule has 0 nitrogen and oxygen atoms in total. The van der Waals surface area contributed by atoms with E-state index in [0.29, 0.717) is 11.8 Å². The molecule has 0 saturated carbocycles. The molecular formula is C45H51Zr-. The minimum atomic E-state index is -0.0242. The van der Waals surface area contributed by atoms with Crippen LogP contribution in [0.4, 0.5) is 0 Å². The first-order valence-corrected chi connectivity index (χ1v) is 18.2. The molecule has 3 aliphatic rings. The van der Waals surface area contributed by atoms with Crippen LogP contribution in [-0.2, 0) is 29.7 Å². The van der Waals surface area contributed by atoms with Crippen molar-refractivity contribution in [2.45, 2.75) is 87.0 Å². The fraction of sp³-hybridized carbons (Fsp3) is 0.356. The fourth-order valence-electron chi connectivity index (χ4n) is 7.56. The molecule has 0 amide bonds. The summed E-state index contributed by atoms with van der Waals surface area (Å²) in [5.74, 6) is 0.966. The van der Waals surface area contributed by atoms with Crippen molar-refractivity contribution in [2.24, 2.45) is 16.7 Å². The number of fused-ring (bicyclic) bond motifs is 2. The van der Waals surface area contributed by atoms with Gasteiger partial charge in [0, 0.05) is 0 Å². The van der Waals surface area contributed by atoms with E-state index in [1.165, 1.54) is 82.4 Å². The number of rotatable bonds is 5. The summed E-state index contributed by atoms with van der Waals surface area (Å²) in [6, 6.07) is 26.0. The summed E-state index contributed by atoms with van der Waals surface area (Å²) in [5.41, 5.74) is 11.4. The van der Waals surface area contributed by atoms with Crippen molar-refractivity contribution in [3.8, 4) is 0 Å². The number of hydrogen-bond donors (Lipinski definition) is 0. The van der Waals surface area contributed by atoms with E-state index in [9.17, 15) is 0 Å². The van der Waals surface area contributed by atoms with Crippen LogP contribution in [0.5, 0.6) is 0 Å². The van der Waals surface area contributed by atoms with Crippen LogP contribution in [-0.4, -0.2) is 3.21 Å². The molecule has 0 aromatic heterocycles. The Morgan fingerprint density at radius 1 is 0.826 bits per heavy atom. The molecule has 0 radical (unpaired) electrons. The Balaban J connectivity index is 0.000000247. The number of allylic oxidation sites excluding steroid dienone is 8. The van der Waals surface area contributed by atoms with Gasteiger partial charge in [-0.25, -0.2) is 0 Å². The monoisotopic (exact) mass is 681 g/mol. The van der Waals surface area contributed by atoms with E-state index < -0.39 is 0 Å². The van der Waals surface area contributed by atoms with Crippen LogP contribution >= 0.6 is 0 Å². The second kappa shape index (κ2) is 13.3. The van der Waals surface area contributed by atoms with Gasteiger partial charge in [-0.05, 0) is 34.5 Å². The van der Waals surface area contributed by atoms with Crippen LogP contribution in [0.2, 0.25) is 0 Å². The van der Waals surface area contributed by atoms with Crippen LogP contribution in [0, 0.1) is 16.7 Å². The molecule has 0 aliphatic heterocycles. The molecule has 0 saturated heterocycles. The van der Waals surface area contributed by atoms with E-state index in [2.05, 4.69) is 178 Å². The van der Waals surface area contributed by atoms with Crippen LogP contribution in [0.25, 0.3) is 11.6 Å². The van der Waals surface area contributed by atoms with Crippen molar-refractivity contribution in [1.29, 1.82) is 0 Å². The Morgan fingerprint density at radius 3 is 1.87 bits per heavy atom. The van der Waals surface area contributed by atoms with Gasteiger partial charge in [-0.2, -0.15) is 0 Å². The average molecular weight is 683 g/mol. The van der Waals surface area contributed by atoms with Crippen LogP contribution in [0.3, 0.4) is 0 Å². The number of benzene rings is 3. The van der Waals surface area contributed by atoms with Gasteiger partial charge < -0.3 is 0 Å². The Bertz CT molecular complexity index is 1820. The summed E-state index contributed by atoms with van der Waals surface area (Å²) in [5, 5.41) is 2.70. The SMILES string of the molecule is CC(C)c1cc(C(C)(C)C)cc2c1=C1C=CC(C(C)C)(C(C)(C)C)C(C3=CC=CC3)=C1[C-]=2.[Zr]=[C](c1ccccc1)c1ccccc1. The molecule has 0 heterocycles. The zero-order valence-electron chi connectivity index (χ0n) is 29.7. The minimum absolute atomic E-state index is 0.0242. The fourth-order valence-corrected chi connectivity index (χ4v) is 8.37. The zero-order valence-corrected chi connectivity index (χ0v) is 32.1. The van der Waals surface area contributed by atoms with Crippen molar-refractivity contribution >= 4 is 14.9 Å². The molecule has 0 fully saturated rings. The second-order valence-electron chi connectivity index (χ2n) is 15.7. The third-order valence-corrected chi connectivity index (χ3v) is 11.4. The van der Waals surface area contributed by atoms with Gasteiger partial charge >= 0.3 is 99.2 Å². The van der Waals surface area contributed by atoms with Gasteiger partial charge in [0.05, 0.1) is 0 Å². The third-order valence-electron chi connectivity index (χ3n) is 10.0.